The second kappa shape index (κ2) is 10.2. The van der Waals surface area contributed by atoms with Gasteiger partial charge in [0.1, 0.15) is 5.82 Å². The van der Waals surface area contributed by atoms with Gasteiger partial charge in [0.05, 0.1) is 30.6 Å². The Morgan fingerprint density at radius 1 is 1.38 bits per heavy atom. The highest BCUT2D eigenvalue weighted by molar-refractivity contribution is 5.73. The van der Waals surface area contributed by atoms with E-state index >= 15 is 0 Å². The Hall–Kier alpha value is -1.98. The summed E-state index contributed by atoms with van der Waals surface area (Å²) >= 11 is 0. The SMILES string of the molecule is COCCN1CCC2(CC1)CC(Nc1ccc(C)nn1)CO2.O=C(O)C(F)(F)F. The number of carboxylic acid groups (broad SMARTS) is 1. The van der Waals surface area contributed by atoms with E-state index in [4.69, 9.17) is 19.4 Å². The highest BCUT2D eigenvalue weighted by atomic mass is 19.4. The number of rotatable bonds is 5. The molecule has 0 aromatic carbocycles. The lowest BCUT2D eigenvalue weighted by Gasteiger charge is -2.38. The molecule has 3 rings (SSSR count). The average molecular weight is 420 g/mol. The van der Waals surface area contributed by atoms with Crippen LogP contribution in [0.3, 0.4) is 0 Å². The summed E-state index contributed by atoms with van der Waals surface area (Å²) < 4.78 is 43.1. The van der Waals surface area contributed by atoms with Gasteiger partial charge < -0.3 is 24.8 Å². The molecule has 3 heterocycles. The Balaban J connectivity index is 0.000000370. The Labute approximate surface area is 167 Å². The number of aromatic nitrogens is 2. The van der Waals surface area contributed by atoms with E-state index in [0.717, 1.165) is 63.6 Å². The molecule has 1 unspecified atom stereocenters. The molecule has 2 aliphatic heterocycles. The van der Waals surface area contributed by atoms with Crippen molar-refractivity contribution in [3.05, 3.63) is 17.8 Å². The van der Waals surface area contributed by atoms with Gasteiger partial charge in [0.25, 0.3) is 0 Å². The zero-order valence-electron chi connectivity index (χ0n) is 16.5. The molecule has 1 aromatic rings. The van der Waals surface area contributed by atoms with Crippen LogP contribution in [-0.4, -0.2) is 84.0 Å². The summed E-state index contributed by atoms with van der Waals surface area (Å²) in [5, 5.41) is 18.9. The van der Waals surface area contributed by atoms with Gasteiger partial charge in [-0.2, -0.15) is 18.3 Å². The number of hydrogen-bond acceptors (Lipinski definition) is 7. The molecule has 2 N–H and O–H groups in total. The predicted octanol–water partition coefficient (Wildman–Crippen LogP) is 2.10. The van der Waals surface area contributed by atoms with Gasteiger partial charge in [0.2, 0.25) is 0 Å². The fraction of sp³-hybridized carbons (Fsp3) is 0.722. The number of likely N-dealkylation sites (tertiary alicyclic amines) is 1. The van der Waals surface area contributed by atoms with Crippen molar-refractivity contribution in [3.8, 4) is 0 Å². The van der Waals surface area contributed by atoms with Crippen molar-refractivity contribution in [2.45, 2.75) is 44.0 Å². The molecule has 0 aliphatic carbocycles. The Kier molecular flexibility index (Phi) is 8.17. The van der Waals surface area contributed by atoms with E-state index in [1.807, 2.05) is 19.1 Å². The fourth-order valence-corrected chi connectivity index (χ4v) is 3.38. The third kappa shape index (κ3) is 7.41. The second-order valence-corrected chi connectivity index (χ2v) is 7.24. The third-order valence-electron chi connectivity index (χ3n) is 4.98. The van der Waals surface area contributed by atoms with E-state index in [2.05, 4.69) is 20.4 Å². The first-order valence-electron chi connectivity index (χ1n) is 9.36. The smallest absolute Gasteiger partial charge is 0.475 e. The molecule has 1 atom stereocenters. The minimum atomic E-state index is -5.08. The van der Waals surface area contributed by atoms with Crippen molar-refractivity contribution in [1.82, 2.24) is 15.1 Å². The number of anilines is 1. The van der Waals surface area contributed by atoms with Gasteiger partial charge in [-0.05, 0) is 38.3 Å². The summed E-state index contributed by atoms with van der Waals surface area (Å²) in [7, 11) is 1.76. The molecule has 1 aromatic heterocycles. The zero-order chi connectivity index (χ0) is 21.5. The van der Waals surface area contributed by atoms with Gasteiger partial charge in [0.15, 0.2) is 0 Å². The first kappa shape index (κ1) is 23.3. The number of carboxylic acids is 1. The van der Waals surface area contributed by atoms with Gasteiger partial charge in [0, 0.05) is 26.7 Å². The largest absolute Gasteiger partial charge is 0.490 e. The lowest BCUT2D eigenvalue weighted by Crippen LogP contribution is -2.45. The topological polar surface area (TPSA) is 96.8 Å². The van der Waals surface area contributed by atoms with Crippen LogP contribution in [-0.2, 0) is 14.3 Å². The number of ether oxygens (including phenoxy) is 2. The minimum Gasteiger partial charge on any atom is -0.475 e. The van der Waals surface area contributed by atoms with Crippen molar-refractivity contribution in [1.29, 1.82) is 0 Å². The molecule has 1 spiro atoms. The Bertz CT molecular complexity index is 650. The molecule has 0 radical (unpaired) electrons. The number of halogens is 3. The summed E-state index contributed by atoms with van der Waals surface area (Å²) in [5.74, 6) is -1.92. The molecule has 0 bridgehead atoms. The van der Waals surface area contributed by atoms with Gasteiger partial charge in [-0.1, -0.05) is 0 Å². The lowest BCUT2D eigenvalue weighted by molar-refractivity contribution is -0.192. The van der Waals surface area contributed by atoms with Crippen molar-refractivity contribution in [2.75, 3.05) is 45.3 Å². The van der Waals surface area contributed by atoms with Crippen LogP contribution in [0, 0.1) is 6.92 Å². The molecule has 2 saturated heterocycles. The first-order chi connectivity index (χ1) is 13.6. The average Bonchev–Trinajstić information content (AvgIpc) is 3.05. The third-order valence-corrected chi connectivity index (χ3v) is 4.98. The molecule has 2 fully saturated rings. The number of piperidine rings is 1. The van der Waals surface area contributed by atoms with Crippen molar-refractivity contribution in [2.24, 2.45) is 0 Å². The summed E-state index contributed by atoms with van der Waals surface area (Å²) in [5.41, 5.74) is 0.993. The molecule has 29 heavy (non-hydrogen) atoms. The maximum Gasteiger partial charge on any atom is 0.490 e. The van der Waals surface area contributed by atoms with Gasteiger partial charge >= 0.3 is 12.1 Å². The van der Waals surface area contributed by atoms with Crippen LogP contribution in [0.5, 0.6) is 0 Å². The van der Waals surface area contributed by atoms with E-state index in [1.54, 1.807) is 7.11 Å². The predicted molar refractivity (Wildman–Crippen MR) is 98.7 cm³/mol. The molecule has 11 heteroatoms. The number of hydrogen-bond donors (Lipinski definition) is 2. The number of aryl methyl sites for hydroxylation is 1. The number of carbonyl (C=O) groups is 1. The summed E-state index contributed by atoms with van der Waals surface area (Å²) in [4.78, 5) is 11.4. The Morgan fingerprint density at radius 2 is 2.03 bits per heavy atom. The molecule has 0 saturated carbocycles. The molecule has 164 valence electrons. The Morgan fingerprint density at radius 3 is 2.55 bits per heavy atom. The van der Waals surface area contributed by atoms with E-state index < -0.39 is 12.1 Å². The first-order valence-corrected chi connectivity index (χ1v) is 9.36. The van der Waals surface area contributed by atoms with E-state index in [0.29, 0.717) is 6.04 Å². The van der Waals surface area contributed by atoms with Crippen LogP contribution < -0.4 is 5.32 Å². The van der Waals surface area contributed by atoms with E-state index in [-0.39, 0.29) is 5.60 Å². The van der Waals surface area contributed by atoms with Gasteiger partial charge in [-0.3, -0.25) is 0 Å². The number of nitrogens with one attached hydrogen (secondary N) is 1. The zero-order valence-corrected chi connectivity index (χ0v) is 16.5. The second-order valence-electron chi connectivity index (χ2n) is 7.24. The number of aliphatic carboxylic acids is 1. The maximum absolute atomic E-state index is 10.6. The molecule has 2 aliphatic rings. The van der Waals surface area contributed by atoms with Crippen LogP contribution in [0.2, 0.25) is 0 Å². The van der Waals surface area contributed by atoms with Crippen LogP contribution in [0.15, 0.2) is 12.1 Å². The fourth-order valence-electron chi connectivity index (χ4n) is 3.38. The summed E-state index contributed by atoms with van der Waals surface area (Å²) in [6.07, 6.45) is -1.82. The van der Waals surface area contributed by atoms with Gasteiger partial charge in [-0.15, -0.1) is 5.10 Å². The highest BCUT2D eigenvalue weighted by Crippen LogP contribution is 2.36. The van der Waals surface area contributed by atoms with Crippen molar-refractivity contribution in [3.63, 3.8) is 0 Å². The quantitative estimate of drug-likeness (QED) is 0.748. The van der Waals surface area contributed by atoms with Crippen LogP contribution >= 0.6 is 0 Å². The summed E-state index contributed by atoms with van der Waals surface area (Å²) in [6.45, 7) is 6.73. The highest BCUT2D eigenvalue weighted by Gasteiger charge is 2.42. The van der Waals surface area contributed by atoms with Gasteiger partial charge in [-0.25, -0.2) is 4.79 Å². The number of methoxy groups -OCH3 is 1. The van der Waals surface area contributed by atoms with Crippen LogP contribution in [0.4, 0.5) is 19.0 Å². The van der Waals surface area contributed by atoms with Crippen molar-refractivity contribution >= 4 is 11.8 Å². The minimum absolute atomic E-state index is 0.0549. The standard InChI is InChI=1S/C16H26N4O2.C2HF3O2/c1-13-3-4-15(19-18-13)17-14-11-16(22-12-14)5-7-20(8-6-16)9-10-21-2;3-2(4,5)1(6)7/h3-4,14H,5-12H2,1-2H3,(H,17,19);(H,6,7). The lowest BCUT2D eigenvalue weighted by atomic mass is 9.87. The van der Waals surface area contributed by atoms with Crippen LogP contribution in [0.1, 0.15) is 25.0 Å². The number of nitrogens with zero attached hydrogens (tertiary/aromatic N) is 3. The summed E-state index contributed by atoms with van der Waals surface area (Å²) in [6, 6.07) is 4.30. The van der Waals surface area contributed by atoms with Crippen LogP contribution in [0.25, 0.3) is 0 Å². The molecular formula is C18H27F3N4O4. The van der Waals surface area contributed by atoms with Crippen molar-refractivity contribution < 1.29 is 32.5 Å². The monoisotopic (exact) mass is 420 g/mol. The van der Waals surface area contributed by atoms with E-state index in [1.165, 1.54) is 0 Å². The number of alkyl halides is 3. The molecular weight excluding hydrogens is 393 g/mol. The molecule has 8 nitrogen and oxygen atoms in total. The maximum atomic E-state index is 10.6. The molecule has 0 amide bonds. The normalized spacial score (nSPS) is 21.5. The van der Waals surface area contributed by atoms with E-state index in [9.17, 15) is 13.2 Å².